The molecule has 1 rings (SSSR count). The van der Waals surface area contributed by atoms with Crippen molar-refractivity contribution in [2.24, 2.45) is 5.11 Å². The van der Waals surface area contributed by atoms with Crippen LogP contribution in [0.1, 0.15) is 0 Å². The lowest BCUT2D eigenvalue weighted by molar-refractivity contribution is 0.997. The molecule has 14 heavy (non-hydrogen) atoms. The van der Waals surface area contributed by atoms with E-state index in [1.54, 1.807) is 6.20 Å². The maximum absolute atomic E-state index is 8.23. The number of pyridine rings is 1. The van der Waals surface area contributed by atoms with Crippen LogP contribution in [0, 0.1) is 0 Å². The molecule has 0 fully saturated rings. The van der Waals surface area contributed by atoms with Crippen LogP contribution in [0.4, 0.5) is 0 Å². The summed E-state index contributed by atoms with van der Waals surface area (Å²) in [4.78, 5) is 6.84. The summed E-state index contributed by atoms with van der Waals surface area (Å²) in [6.45, 7) is 0. The Hall–Kier alpha value is -1.10. The quantitative estimate of drug-likeness (QED) is 0.254. The minimum Gasteiger partial charge on any atom is -0.250 e. The number of azide groups is 1. The third kappa shape index (κ3) is 3.74. The zero-order valence-electron chi connectivity index (χ0n) is 7.28. The van der Waals surface area contributed by atoms with Crippen molar-refractivity contribution in [3.63, 3.8) is 0 Å². The molecule has 0 radical (unpaired) electrons. The zero-order chi connectivity index (χ0) is 10.2. The SMILES string of the molecule is [N-]=[N+]=NC(C=S)CSc1ccccn1. The summed E-state index contributed by atoms with van der Waals surface area (Å²) >= 11 is 6.25. The molecular weight excluding hydrogens is 216 g/mol. The summed E-state index contributed by atoms with van der Waals surface area (Å²) in [7, 11) is 0. The number of nitrogens with zero attached hydrogens (tertiary/aromatic N) is 4. The molecule has 0 saturated heterocycles. The fraction of sp³-hybridized carbons (Fsp3) is 0.250. The van der Waals surface area contributed by atoms with E-state index in [2.05, 4.69) is 15.0 Å². The molecule has 0 bridgehead atoms. The Bertz CT molecular complexity index is 334. The van der Waals surface area contributed by atoms with Crippen molar-refractivity contribution >= 4 is 29.3 Å². The van der Waals surface area contributed by atoms with E-state index in [1.807, 2.05) is 18.2 Å². The lowest BCUT2D eigenvalue weighted by Gasteiger charge is -2.02. The first-order chi connectivity index (χ1) is 6.86. The van der Waals surface area contributed by atoms with Crippen LogP contribution in [0.15, 0.2) is 34.5 Å². The van der Waals surface area contributed by atoms with E-state index in [-0.39, 0.29) is 6.04 Å². The van der Waals surface area contributed by atoms with Crippen molar-refractivity contribution in [1.29, 1.82) is 0 Å². The highest BCUT2D eigenvalue weighted by Gasteiger charge is 2.02. The van der Waals surface area contributed by atoms with E-state index >= 15 is 0 Å². The van der Waals surface area contributed by atoms with Gasteiger partial charge in [-0.05, 0) is 23.0 Å². The van der Waals surface area contributed by atoms with Gasteiger partial charge in [0, 0.05) is 16.9 Å². The second-order valence-corrected chi connectivity index (χ2v) is 3.70. The molecule has 0 N–H and O–H groups in total. The smallest absolute Gasteiger partial charge is 0.0959 e. The van der Waals surface area contributed by atoms with Gasteiger partial charge < -0.3 is 0 Å². The Morgan fingerprint density at radius 3 is 3.14 bits per heavy atom. The van der Waals surface area contributed by atoms with Gasteiger partial charge in [0.1, 0.15) is 0 Å². The minimum atomic E-state index is -0.248. The van der Waals surface area contributed by atoms with Gasteiger partial charge in [0.2, 0.25) is 0 Å². The van der Waals surface area contributed by atoms with Gasteiger partial charge in [0.05, 0.1) is 11.1 Å². The number of hydrogen-bond donors (Lipinski definition) is 0. The molecule has 1 aromatic heterocycles. The number of hydrogen-bond acceptors (Lipinski definition) is 4. The second kappa shape index (κ2) is 6.37. The average Bonchev–Trinajstić information content (AvgIpc) is 2.25. The van der Waals surface area contributed by atoms with Gasteiger partial charge in [-0.1, -0.05) is 23.4 Å². The fourth-order valence-electron chi connectivity index (χ4n) is 0.769. The summed E-state index contributed by atoms with van der Waals surface area (Å²) in [5.74, 6) is 0.630. The van der Waals surface area contributed by atoms with Gasteiger partial charge in [0.15, 0.2) is 0 Å². The Labute approximate surface area is 91.4 Å². The van der Waals surface area contributed by atoms with Gasteiger partial charge in [0.25, 0.3) is 0 Å². The van der Waals surface area contributed by atoms with Crippen LogP contribution < -0.4 is 0 Å². The highest BCUT2D eigenvalue weighted by molar-refractivity contribution is 7.99. The third-order valence-electron chi connectivity index (χ3n) is 1.40. The lowest BCUT2D eigenvalue weighted by Crippen LogP contribution is -2.06. The van der Waals surface area contributed by atoms with Crippen molar-refractivity contribution in [3.05, 3.63) is 34.8 Å². The molecule has 0 aliphatic carbocycles. The molecule has 1 atom stereocenters. The minimum absolute atomic E-state index is 0.248. The summed E-state index contributed by atoms with van der Waals surface area (Å²) in [5, 5.41) is 5.90. The van der Waals surface area contributed by atoms with Crippen molar-refractivity contribution in [3.8, 4) is 0 Å². The molecular formula is C8H8N4S2. The fourth-order valence-corrected chi connectivity index (χ4v) is 1.86. The van der Waals surface area contributed by atoms with E-state index in [0.717, 1.165) is 5.03 Å². The first-order valence-corrected chi connectivity index (χ1v) is 5.36. The van der Waals surface area contributed by atoms with Crippen molar-refractivity contribution in [2.45, 2.75) is 11.1 Å². The molecule has 0 aromatic carbocycles. The highest BCUT2D eigenvalue weighted by Crippen LogP contribution is 2.15. The van der Waals surface area contributed by atoms with Crippen LogP contribution in [-0.2, 0) is 0 Å². The summed E-state index contributed by atoms with van der Waals surface area (Å²) in [6.07, 6.45) is 1.72. The van der Waals surface area contributed by atoms with Crippen LogP contribution in [0.5, 0.6) is 0 Å². The number of thiocarbonyl (C=S) groups is 1. The monoisotopic (exact) mass is 224 g/mol. The molecule has 1 heterocycles. The Balaban J connectivity index is 2.47. The molecule has 0 aliphatic heterocycles. The predicted octanol–water partition coefficient (Wildman–Crippen LogP) is 2.85. The molecule has 4 nitrogen and oxygen atoms in total. The van der Waals surface area contributed by atoms with Gasteiger partial charge in [-0.2, -0.15) is 0 Å². The van der Waals surface area contributed by atoms with Crippen LogP contribution in [-0.4, -0.2) is 22.1 Å². The standard InChI is InChI=1S/C8H8N4S2/c9-12-11-7(5-13)6-14-8-3-1-2-4-10-8/h1-5,7H,6H2. The van der Waals surface area contributed by atoms with Gasteiger partial charge >= 0.3 is 0 Å². The van der Waals surface area contributed by atoms with E-state index in [4.69, 9.17) is 17.7 Å². The summed E-state index contributed by atoms with van der Waals surface area (Å²) in [5.41, 5.74) is 8.23. The summed E-state index contributed by atoms with van der Waals surface area (Å²) < 4.78 is 0. The zero-order valence-corrected chi connectivity index (χ0v) is 8.91. The molecule has 72 valence electrons. The summed E-state index contributed by atoms with van der Waals surface area (Å²) in [6, 6.07) is 5.42. The molecule has 1 aromatic rings. The Kier molecular flexibility index (Phi) is 4.99. The van der Waals surface area contributed by atoms with Gasteiger partial charge in [-0.3, -0.25) is 0 Å². The Morgan fingerprint density at radius 1 is 1.71 bits per heavy atom. The molecule has 0 saturated carbocycles. The van der Waals surface area contributed by atoms with Crippen LogP contribution in [0.3, 0.4) is 0 Å². The van der Waals surface area contributed by atoms with E-state index in [1.165, 1.54) is 17.1 Å². The molecule has 1 unspecified atom stereocenters. The first kappa shape index (κ1) is 11.0. The van der Waals surface area contributed by atoms with Crippen LogP contribution >= 0.6 is 24.0 Å². The first-order valence-electron chi connectivity index (χ1n) is 3.90. The number of rotatable bonds is 5. The number of thioether (sulfide) groups is 1. The Morgan fingerprint density at radius 2 is 2.57 bits per heavy atom. The van der Waals surface area contributed by atoms with Crippen molar-refractivity contribution in [1.82, 2.24) is 4.98 Å². The third-order valence-corrected chi connectivity index (χ3v) is 2.76. The van der Waals surface area contributed by atoms with Gasteiger partial charge in [-0.25, -0.2) is 4.98 Å². The van der Waals surface area contributed by atoms with Crippen molar-refractivity contribution < 1.29 is 0 Å². The van der Waals surface area contributed by atoms with Crippen LogP contribution in [0.25, 0.3) is 10.4 Å². The number of aromatic nitrogens is 1. The maximum Gasteiger partial charge on any atom is 0.0959 e. The van der Waals surface area contributed by atoms with E-state index < -0.39 is 0 Å². The maximum atomic E-state index is 8.23. The largest absolute Gasteiger partial charge is 0.250 e. The normalized spacial score (nSPS) is 11.4. The second-order valence-electron chi connectivity index (χ2n) is 2.39. The highest BCUT2D eigenvalue weighted by atomic mass is 32.2. The van der Waals surface area contributed by atoms with Crippen LogP contribution in [0.2, 0.25) is 0 Å². The molecule has 6 heteroatoms. The lowest BCUT2D eigenvalue weighted by atomic mass is 10.4. The van der Waals surface area contributed by atoms with E-state index in [9.17, 15) is 0 Å². The average molecular weight is 224 g/mol. The molecule has 0 aliphatic rings. The van der Waals surface area contributed by atoms with Crippen molar-refractivity contribution in [2.75, 3.05) is 5.75 Å². The topological polar surface area (TPSA) is 61.7 Å². The van der Waals surface area contributed by atoms with Gasteiger partial charge in [-0.15, -0.1) is 11.8 Å². The molecule has 0 spiro atoms. The van der Waals surface area contributed by atoms with E-state index in [0.29, 0.717) is 5.75 Å². The molecule has 0 amide bonds. The predicted molar refractivity (Wildman–Crippen MR) is 61.6 cm³/mol.